The fourth-order valence-corrected chi connectivity index (χ4v) is 4.73. The van der Waals surface area contributed by atoms with Crippen LogP contribution in [0.1, 0.15) is 35.8 Å². The highest BCUT2D eigenvalue weighted by Crippen LogP contribution is 2.33. The predicted molar refractivity (Wildman–Crippen MR) is 130 cm³/mol. The monoisotopic (exact) mass is 472 g/mol. The fourth-order valence-electron chi connectivity index (χ4n) is 4.17. The number of aryl methyl sites for hydroxylation is 2. The van der Waals surface area contributed by atoms with Crippen LogP contribution in [-0.2, 0) is 6.42 Å². The van der Waals surface area contributed by atoms with Gasteiger partial charge in [0.1, 0.15) is 5.50 Å². The van der Waals surface area contributed by atoms with Crippen molar-refractivity contribution >= 4 is 39.7 Å². The molecule has 176 valence electrons. The number of hydrogen-bond acceptors (Lipinski definition) is 6. The van der Waals surface area contributed by atoms with Crippen LogP contribution < -0.4 is 9.80 Å². The number of nitrogens with zero attached hydrogens (tertiary/aromatic N) is 5. The first kappa shape index (κ1) is 23.2. The maximum atomic E-state index is 13.5. The number of alkyl halides is 1. The van der Waals surface area contributed by atoms with Crippen molar-refractivity contribution in [2.45, 2.75) is 32.7 Å². The summed E-state index contributed by atoms with van der Waals surface area (Å²) in [4.78, 5) is 18.4. The first-order chi connectivity index (χ1) is 15.8. The number of rotatable bonds is 5. The van der Waals surface area contributed by atoms with Crippen molar-refractivity contribution in [2.75, 3.05) is 43.0 Å². The summed E-state index contributed by atoms with van der Waals surface area (Å²) in [6, 6.07) is 7.58. The van der Waals surface area contributed by atoms with E-state index in [1.165, 1.54) is 13.2 Å². The Morgan fingerprint density at radius 3 is 2.67 bits per heavy atom. The van der Waals surface area contributed by atoms with Crippen LogP contribution in [0.4, 0.5) is 15.8 Å². The second kappa shape index (κ2) is 9.46. The number of thioether (sulfide) groups is 1. The first-order valence-electron chi connectivity index (χ1n) is 11.0. The molecule has 1 fully saturated rings. The van der Waals surface area contributed by atoms with E-state index in [2.05, 4.69) is 17.0 Å². The molecular weight excluding hydrogens is 443 g/mol. The average Bonchev–Trinajstić information content (AvgIpc) is 3.46. The highest BCUT2D eigenvalue weighted by atomic mass is 32.2. The molecule has 10 heteroatoms. The summed E-state index contributed by atoms with van der Waals surface area (Å²) in [6.45, 7) is 8.08. The normalized spacial score (nSPS) is 15.2. The van der Waals surface area contributed by atoms with E-state index in [0.29, 0.717) is 38.4 Å². The summed E-state index contributed by atoms with van der Waals surface area (Å²) in [5.74, 6) is 0.277. The number of amidine groups is 1. The van der Waals surface area contributed by atoms with Gasteiger partial charge in [0.05, 0.1) is 23.2 Å². The number of nitrogens with one attached hydrogen (secondary N) is 1. The number of piperazine rings is 1. The van der Waals surface area contributed by atoms with Crippen LogP contribution in [0.5, 0.6) is 0 Å². The molecule has 0 aromatic carbocycles. The largest absolute Gasteiger partial charge is 0.459 e. The molecule has 0 aliphatic carbocycles. The minimum atomic E-state index is -1.16. The third-order valence-electron chi connectivity index (χ3n) is 5.85. The Morgan fingerprint density at radius 1 is 1.33 bits per heavy atom. The van der Waals surface area contributed by atoms with Crippen LogP contribution in [0, 0.1) is 12.3 Å². The van der Waals surface area contributed by atoms with E-state index in [4.69, 9.17) is 14.9 Å². The molecule has 0 radical (unpaired) electrons. The summed E-state index contributed by atoms with van der Waals surface area (Å²) >= 11 is 0.877. The Kier molecular flexibility index (Phi) is 6.64. The van der Waals surface area contributed by atoms with Crippen LogP contribution in [0.25, 0.3) is 5.52 Å². The molecular formula is C23H29FN6O2S. The standard InChI is InChI=1S/C23H29FN6O2S/c1-5-18-21(27(4)23(25)33-16(3)24)19-14-17(13-15(2)30(19)26-18)28-8-10-29(11-9-28)22(31)20-7-6-12-32-20/h6-7,12-14,16,25H,5,8-11H2,1-4H3. The van der Waals surface area contributed by atoms with Crippen molar-refractivity contribution in [1.82, 2.24) is 14.5 Å². The molecule has 1 unspecified atom stereocenters. The Morgan fingerprint density at radius 2 is 2.06 bits per heavy atom. The number of pyridine rings is 1. The zero-order valence-corrected chi connectivity index (χ0v) is 20.2. The summed E-state index contributed by atoms with van der Waals surface area (Å²) in [5, 5.41) is 13.2. The number of anilines is 2. The van der Waals surface area contributed by atoms with Gasteiger partial charge in [0.15, 0.2) is 10.9 Å². The van der Waals surface area contributed by atoms with Crippen LogP contribution in [-0.4, -0.2) is 64.3 Å². The quantitative estimate of drug-likeness (QED) is 0.443. The second-order valence-corrected chi connectivity index (χ2v) is 9.35. The third kappa shape index (κ3) is 4.57. The number of carbonyl (C=O) groups is 1. The number of fused-ring (bicyclic) bond motifs is 1. The van der Waals surface area contributed by atoms with Gasteiger partial charge in [-0.2, -0.15) is 5.10 Å². The molecule has 3 aromatic heterocycles. The van der Waals surface area contributed by atoms with Crippen LogP contribution in [0.2, 0.25) is 0 Å². The molecule has 8 nitrogen and oxygen atoms in total. The van der Waals surface area contributed by atoms with Gasteiger partial charge in [-0.15, -0.1) is 0 Å². The lowest BCUT2D eigenvalue weighted by Crippen LogP contribution is -2.48. The van der Waals surface area contributed by atoms with E-state index in [1.807, 2.05) is 23.3 Å². The zero-order valence-electron chi connectivity index (χ0n) is 19.3. The minimum Gasteiger partial charge on any atom is -0.459 e. The van der Waals surface area contributed by atoms with E-state index in [0.717, 1.165) is 40.0 Å². The molecule has 1 atom stereocenters. The SMILES string of the molecule is CCc1nn2c(C)cc(N3CCN(C(=O)c4ccco4)CC3)cc2c1N(C)C(=N)SC(C)F. The Balaban J connectivity index is 1.61. The van der Waals surface area contributed by atoms with Crippen molar-refractivity contribution in [3.05, 3.63) is 47.7 Å². The Labute approximate surface area is 196 Å². The Hall–Kier alpha value is -3.01. The van der Waals surface area contributed by atoms with E-state index in [-0.39, 0.29) is 11.1 Å². The van der Waals surface area contributed by atoms with Gasteiger partial charge in [-0.3, -0.25) is 10.2 Å². The number of hydrogen-bond donors (Lipinski definition) is 1. The number of amides is 1. The van der Waals surface area contributed by atoms with Crippen molar-refractivity contribution in [2.24, 2.45) is 0 Å². The summed E-state index contributed by atoms with van der Waals surface area (Å²) in [7, 11) is 1.79. The number of carbonyl (C=O) groups excluding carboxylic acids is 1. The van der Waals surface area contributed by atoms with E-state index < -0.39 is 5.50 Å². The molecule has 1 aliphatic rings. The van der Waals surface area contributed by atoms with Crippen molar-refractivity contribution in [1.29, 1.82) is 5.41 Å². The van der Waals surface area contributed by atoms with Crippen LogP contribution >= 0.6 is 11.8 Å². The molecule has 1 saturated heterocycles. The molecule has 1 aliphatic heterocycles. The minimum absolute atomic E-state index is 0.0864. The predicted octanol–water partition coefficient (Wildman–Crippen LogP) is 4.18. The van der Waals surface area contributed by atoms with Gasteiger partial charge in [-0.05, 0) is 44.5 Å². The maximum Gasteiger partial charge on any atom is 0.289 e. The molecule has 1 amide bonds. The number of aromatic nitrogens is 2. The number of halogens is 1. The van der Waals surface area contributed by atoms with Gasteiger partial charge in [0.2, 0.25) is 0 Å². The van der Waals surface area contributed by atoms with E-state index in [9.17, 15) is 9.18 Å². The fraction of sp³-hybridized carbons (Fsp3) is 0.435. The Bertz CT molecular complexity index is 1150. The summed E-state index contributed by atoms with van der Waals surface area (Å²) in [6.07, 6.45) is 2.21. The molecule has 0 saturated carbocycles. The lowest BCUT2D eigenvalue weighted by Gasteiger charge is -2.36. The topological polar surface area (TPSA) is 81.1 Å². The van der Waals surface area contributed by atoms with E-state index in [1.54, 1.807) is 24.1 Å². The molecule has 0 bridgehead atoms. The highest BCUT2D eigenvalue weighted by Gasteiger charge is 2.26. The molecule has 4 rings (SSSR count). The molecule has 33 heavy (non-hydrogen) atoms. The second-order valence-electron chi connectivity index (χ2n) is 8.08. The first-order valence-corrected chi connectivity index (χ1v) is 11.9. The lowest BCUT2D eigenvalue weighted by molar-refractivity contribution is 0.0714. The van der Waals surface area contributed by atoms with Crippen molar-refractivity contribution < 1.29 is 13.6 Å². The highest BCUT2D eigenvalue weighted by molar-refractivity contribution is 8.14. The van der Waals surface area contributed by atoms with Gasteiger partial charge in [0.25, 0.3) is 5.91 Å². The average molecular weight is 473 g/mol. The zero-order chi connectivity index (χ0) is 23.7. The summed E-state index contributed by atoms with van der Waals surface area (Å²) in [5.41, 5.74) is 3.43. The maximum absolute atomic E-state index is 13.5. The third-order valence-corrected chi connectivity index (χ3v) is 6.68. The molecule has 3 aromatic rings. The van der Waals surface area contributed by atoms with Gasteiger partial charge in [-0.25, -0.2) is 8.91 Å². The van der Waals surface area contributed by atoms with Crippen molar-refractivity contribution in [3.8, 4) is 0 Å². The van der Waals surface area contributed by atoms with Gasteiger partial charge in [-0.1, -0.05) is 18.7 Å². The molecule has 1 N–H and O–H groups in total. The smallest absolute Gasteiger partial charge is 0.289 e. The summed E-state index contributed by atoms with van der Waals surface area (Å²) < 4.78 is 20.7. The van der Waals surface area contributed by atoms with Gasteiger partial charge in [0, 0.05) is 44.6 Å². The molecule has 0 spiro atoms. The van der Waals surface area contributed by atoms with Crippen LogP contribution in [0.15, 0.2) is 34.9 Å². The lowest BCUT2D eigenvalue weighted by atomic mass is 10.2. The van der Waals surface area contributed by atoms with Gasteiger partial charge >= 0.3 is 0 Å². The van der Waals surface area contributed by atoms with Crippen LogP contribution in [0.3, 0.4) is 0 Å². The number of furan rings is 1. The molecule has 4 heterocycles. The van der Waals surface area contributed by atoms with E-state index >= 15 is 0 Å². The van der Waals surface area contributed by atoms with Crippen molar-refractivity contribution in [3.63, 3.8) is 0 Å². The van der Waals surface area contributed by atoms with Gasteiger partial charge < -0.3 is 19.1 Å².